The minimum atomic E-state index is 0.153. The summed E-state index contributed by atoms with van der Waals surface area (Å²) in [7, 11) is 4.14. The smallest absolute Gasteiger partial charge is 0.324 e. The van der Waals surface area contributed by atoms with Crippen LogP contribution in [0.15, 0.2) is 48.5 Å². The fourth-order valence-electron chi connectivity index (χ4n) is 4.40. The molecule has 0 unspecified atom stereocenters. The van der Waals surface area contributed by atoms with Crippen LogP contribution in [0.2, 0.25) is 0 Å². The molecule has 5 nitrogen and oxygen atoms in total. The largest absolute Gasteiger partial charge is 0.368 e. The summed E-state index contributed by atoms with van der Waals surface area (Å²) in [6.45, 7) is 7.14. The number of anilines is 2. The molecule has 2 aliphatic rings. The van der Waals surface area contributed by atoms with E-state index in [-0.39, 0.29) is 6.03 Å². The lowest BCUT2D eigenvalue weighted by molar-refractivity contribution is 0.200. The van der Waals surface area contributed by atoms with E-state index in [1.807, 2.05) is 9.80 Å². The Morgan fingerprint density at radius 3 is 2.45 bits per heavy atom. The van der Waals surface area contributed by atoms with Crippen molar-refractivity contribution in [3.8, 4) is 0 Å². The minimum absolute atomic E-state index is 0.153. The van der Waals surface area contributed by atoms with Crippen LogP contribution in [-0.2, 0) is 6.42 Å². The molecule has 2 amide bonds. The summed E-state index contributed by atoms with van der Waals surface area (Å²) in [6.07, 6.45) is 6.41. The molecular weight excluding hydrogens is 384 g/mol. The Balaban J connectivity index is 1.41. The van der Waals surface area contributed by atoms with Gasteiger partial charge in [-0.1, -0.05) is 35.9 Å². The van der Waals surface area contributed by atoms with E-state index in [9.17, 15) is 4.79 Å². The Morgan fingerprint density at radius 1 is 1.00 bits per heavy atom. The van der Waals surface area contributed by atoms with Gasteiger partial charge in [0.15, 0.2) is 0 Å². The summed E-state index contributed by atoms with van der Waals surface area (Å²) in [4.78, 5) is 21.9. The summed E-state index contributed by atoms with van der Waals surface area (Å²) >= 11 is 0. The van der Waals surface area contributed by atoms with E-state index in [2.05, 4.69) is 85.4 Å². The lowest BCUT2D eigenvalue weighted by Crippen LogP contribution is -2.54. The summed E-state index contributed by atoms with van der Waals surface area (Å²) in [6, 6.07) is 15.3. The van der Waals surface area contributed by atoms with Crippen molar-refractivity contribution in [2.24, 2.45) is 0 Å². The Hall–Kier alpha value is -2.79. The molecule has 0 atom stereocenters. The first-order valence-electron chi connectivity index (χ1n) is 11.3. The molecule has 31 heavy (non-hydrogen) atoms. The van der Waals surface area contributed by atoms with Crippen LogP contribution in [0.5, 0.6) is 0 Å². The van der Waals surface area contributed by atoms with Crippen LogP contribution in [0, 0.1) is 6.92 Å². The molecule has 0 radical (unpaired) electrons. The molecule has 0 bridgehead atoms. The summed E-state index contributed by atoms with van der Waals surface area (Å²) < 4.78 is 0. The zero-order valence-corrected chi connectivity index (χ0v) is 19.1. The Kier molecular flexibility index (Phi) is 6.62. The fourth-order valence-corrected chi connectivity index (χ4v) is 4.40. The van der Waals surface area contributed by atoms with E-state index >= 15 is 0 Å². The lowest BCUT2D eigenvalue weighted by atomic mass is 9.99. The van der Waals surface area contributed by atoms with E-state index in [0.29, 0.717) is 0 Å². The maximum absolute atomic E-state index is 13.3. The van der Waals surface area contributed by atoms with Crippen LogP contribution in [-0.4, -0.2) is 69.2 Å². The van der Waals surface area contributed by atoms with E-state index in [1.54, 1.807) is 0 Å². The molecule has 0 saturated carbocycles. The number of rotatable bonds is 4. The predicted octanol–water partition coefficient (Wildman–Crippen LogP) is 4.26. The van der Waals surface area contributed by atoms with Crippen molar-refractivity contribution in [1.82, 2.24) is 9.80 Å². The third-order valence-corrected chi connectivity index (χ3v) is 6.18. The summed E-state index contributed by atoms with van der Waals surface area (Å²) in [5.41, 5.74) is 6.10. The van der Waals surface area contributed by atoms with Gasteiger partial charge in [-0.2, -0.15) is 0 Å². The Labute approximate surface area is 186 Å². The van der Waals surface area contributed by atoms with E-state index < -0.39 is 0 Å². The number of benzene rings is 2. The second kappa shape index (κ2) is 9.56. The molecule has 2 aromatic rings. The molecule has 164 valence electrons. The number of hydrogen-bond donors (Lipinski definition) is 0. The van der Waals surface area contributed by atoms with Crippen molar-refractivity contribution in [1.29, 1.82) is 0 Å². The molecule has 2 aliphatic heterocycles. The highest BCUT2D eigenvalue weighted by Crippen LogP contribution is 2.30. The van der Waals surface area contributed by atoms with Gasteiger partial charge in [0, 0.05) is 50.6 Å². The van der Waals surface area contributed by atoms with Crippen LogP contribution in [0.25, 0.3) is 6.08 Å². The van der Waals surface area contributed by atoms with Gasteiger partial charge in [0.25, 0.3) is 0 Å². The number of carbonyl (C=O) groups excluding carboxylic acids is 1. The molecule has 0 aromatic heterocycles. The van der Waals surface area contributed by atoms with Gasteiger partial charge in [-0.15, -0.1) is 0 Å². The van der Waals surface area contributed by atoms with Crippen molar-refractivity contribution in [3.63, 3.8) is 0 Å². The van der Waals surface area contributed by atoms with Crippen LogP contribution >= 0.6 is 0 Å². The number of carbonyl (C=O) groups is 1. The lowest BCUT2D eigenvalue weighted by Gasteiger charge is -2.40. The van der Waals surface area contributed by atoms with E-state index in [4.69, 9.17) is 0 Å². The van der Waals surface area contributed by atoms with Crippen molar-refractivity contribution in [2.45, 2.75) is 19.8 Å². The fraction of sp³-hybridized carbons (Fsp3) is 0.423. The number of piperazine rings is 1. The van der Waals surface area contributed by atoms with Gasteiger partial charge >= 0.3 is 6.03 Å². The molecule has 5 heteroatoms. The van der Waals surface area contributed by atoms with Crippen molar-refractivity contribution in [2.75, 3.05) is 63.2 Å². The number of nitrogens with zero attached hydrogens (tertiary/aromatic N) is 4. The Bertz CT molecular complexity index is 927. The topological polar surface area (TPSA) is 30.0 Å². The molecular formula is C26H34N4O. The van der Waals surface area contributed by atoms with Gasteiger partial charge in [0.2, 0.25) is 0 Å². The van der Waals surface area contributed by atoms with Crippen LogP contribution < -0.4 is 9.80 Å². The number of urea groups is 1. The number of hydrogen-bond acceptors (Lipinski definition) is 3. The van der Waals surface area contributed by atoms with Crippen molar-refractivity contribution >= 4 is 23.5 Å². The number of fused-ring (bicyclic) bond motifs is 1. The zero-order valence-electron chi connectivity index (χ0n) is 19.1. The number of likely N-dealkylation sites (N-methyl/N-ethyl adjacent to an activating group) is 1. The number of amides is 2. The minimum Gasteiger partial charge on any atom is -0.368 e. The van der Waals surface area contributed by atoms with Crippen molar-refractivity contribution in [3.05, 3.63) is 65.2 Å². The molecule has 4 rings (SSSR count). The average Bonchev–Trinajstić information content (AvgIpc) is 2.78. The molecule has 2 aromatic carbocycles. The molecule has 0 spiro atoms. The second-order valence-electron chi connectivity index (χ2n) is 8.90. The molecule has 1 saturated heterocycles. The second-order valence-corrected chi connectivity index (χ2v) is 8.90. The van der Waals surface area contributed by atoms with Gasteiger partial charge in [-0.3, -0.25) is 4.90 Å². The maximum Gasteiger partial charge on any atom is 0.324 e. The first-order chi connectivity index (χ1) is 15.0. The first kappa shape index (κ1) is 21.4. The summed E-state index contributed by atoms with van der Waals surface area (Å²) in [5.74, 6) is 0. The van der Waals surface area contributed by atoms with E-state index in [1.165, 1.54) is 22.4 Å². The first-order valence-corrected chi connectivity index (χ1v) is 11.3. The highest BCUT2D eigenvalue weighted by atomic mass is 16.2. The molecule has 0 N–H and O–H groups in total. The monoisotopic (exact) mass is 418 g/mol. The molecule has 2 heterocycles. The zero-order chi connectivity index (χ0) is 21.8. The Morgan fingerprint density at radius 2 is 1.74 bits per heavy atom. The van der Waals surface area contributed by atoms with Crippen molar-refractivity contribution < 1.29 is 4.79 Å². The normalized spacial score (nSPS) is 16.8. The maximum atomic E-state index is 13.3. The van der Waals surface area contributed by atoms with Crippen LogP contribution in [0.4, 0.5) is 16.2 Å². The highest BCUT2D eigenvalue weighted by molar-refractivity contribution is 5.93. The average molecular weight is 419 g/mol. The highest BCUT2D eigenvalue weighted by Gasteiger charge is 2.29. The van der Waals surface area contributed by atoms with Gasteiger partial charge in [0.1, 0.15) is 0 Å². The van der Waals surface area contributed by atoms with Gasteiger partial charge in [-0.25, -0.2) is 4.79 Å². The predicted molar refractivity (Wildman–Crippen MR) is 130 cm³/mol. The molecule has 0 aliphatic carbocycles. The van der Waals surface area contributed by atoms with Gasteiger partial charge < -0.3 is 14.7 Å². The van der Waals surface area contributed by atoms with Gasteiger partial charge in [0.05, 0.1) is 0 Å². The van der Waals surface area contributed by atoms with E-state index in [0.717, 1.165) is 57.8 Å². The quantitative estimate of drug-likeness (QED) is 0.743. The third kappa shape index (κ3) is 5.10. The van der Waals surface area contributed by atoms with Crippen LogP contribution in [0.3, 0.4) is 0 Å². The molecule has 1 fully saturated rings. The standard InChI is InChI=1S/C26H34N4O/c1-21-8-11-24(12-9-21)28-16-18-29(19-17-28)26(31)30-15-5-7-23-20-22(10-13-25(23)30)6-4-14-27(2)3/h4,6,8-13,20H,5,7,14-19H2,1-3H3. The summed E-state index contributed by atoms with van der Waals surface area (Å²) in [5, 5.41) is 0. The van der Waals surface area contributed by atoms with Gasteiger partial charge in [-0.05, 0) is 69.3 Å². The third-order valence-electron chi connectivity index (χ3n) is 6.18. The SMILES string of the molecule is Cc1ccc(N2CCN(C(=O)N3CCCc4cc(C=CCN(C)C)ccc43)CC2)cc1. The number of aryl methyl sites for hydroxylation is 2. The van der Waals surface area contributed by atoms with Crippen LogP contribution in [0.1, 0.15) is 23.1 Å².